The van der Waals surface area contributed by atoms with Crippen molar-refractivity contribution >= 4 is 11.7 Å². The molecule has 5 rings (SSSR count). The van der Waals surface area contributed by atoms with Gasteiger partial charge in [-0.05, 0) is 37.1 Å². The molecule has 3 aromatic rings. The van der Waals surface area contributed by atoms with Gasteiger partial charge in [0.05, 0.1) is 12.0 Å². The molecule has 0 unspecified atom stereocenters. The van der Waals surface area contributed by atoms with Gasteiger partial charge in [0.2, 0.25) is 5.95 Å². The van der Waals surface area contributed by atoms with Crippen LogP contribution in [0.5, 0.6) is 0 Å². The van der Waals surface area contributed by atoms with E-state index in [1.54, 1.807) is 11.6 Å². The lowest BCUT2D eigenvalue weighted by atomic mass is 9.75. The zero-order chi connectivity index (χ0) is 21.0. The Kier molecular flexibility index (Phi) is 4.27. The summed E-state index contributed by atoms with van der Waals surface area (Å²) in [6.45, 7) is 3.76. The molecule has 1 aliphatic heterocycles. The van der Waals surface area contributed by atoms with E-state index in [2.05, 4.69) is 21.5 Å². The first kappa shape index (κ1) is 18.7. The molecule has 2 aromatic carbocycles. The predicted molar refractivity (Wildman–Crippen MR) is 108 cm³/mol. The van der Waals surface area contributed by atoms with Crippen LogP contribution in [-0.4, -0.2) is 20.5 Å². The number of hydrogen-bond donors (Lipinski definition) is 1. The molecule has 2 heterocycles. The molecule has 1 aromatic heterocycles. The molecule has 0 radical (unpaired) electrons. The number of rotatable bonds is 2. The fourth-order valence-electron chi connectivity index (χ4n) is 4.54. The maximum absolute atomic E-state index is 14.0. The molecule has 0 saturated heterocycles. The highest BCUT2D eigenvalue weighted by Crippen LogP contribution is 2.44. The van der Waals surface area contributed by atoms with E-state index in [-0.39, 0.29) is 11.7 Å². The number of carbonyl (C=O) groups is 1. The van der Waals surface area contributed by atoms with Gasteiger partial charge in [0.1, 0.15) is 23.2 Å². The van der Waals surface area contributed by atoms with Crippen LogP contribution in [0, 0.1) is 31.4 Å². The normalized spacial score (nSPS) is 22.7. The molecule has 0 fully saturated rings. The molecule has 1 aliphatic carbocycles. The van der Waals surface area contributed by atoms with Crippen LogP contribution in [-0.2, 0) is 4.79 Å². The van der Waals surface area contributed by atoms with E-state index in [4.69, 9.17) is 0 Å². The van der Waals surface area contributed by atoms with Gasteiger partial charge < -0.3 is 5.32 Å². The van der Waals surface area contributed by atoms with Crippen LogP contribution in [0.25, 0.3) is 0 Å². The first-order valence-corrected chi connectivity index (χ1v) is 9.86. The number of nitrogens with zero attached hydrogens (tertiary/aromatic N) is 3. The van der Waals surface area contributed by atoms with Crippen molar-refractivity contribution in [3.8, 4) is 0 Å². The maximum atomic E-state index is 14.0. The largest absolute Gasteiger partial charge is 0.328 e. The monoisotopic (exact) mass is 406 g/mol. The summed E-state index contributed by atoms with van der Waals surface area (Å²) in [5.41, 5.74) is 3.25. The van der Waals surface area contributed by atoms with Crippen molar-refractivity contribution < 1.29 is 13.6 Å². The standard InChI is InChI=1S/C23H20F2N4O/c1-12-4-3-5-14(6-12)15-9-19-21(20(30)10-15)22(16-7-17(24)11-18(25)8-16)29-23(27-19)26-13(2)28-29/h3-9,11,15,21-22H,10H2,1-2H3,(H,26,27,28)/t15-,21+,22+/m1/s1. The molecule has 0 spiro atoms. The Balaban J connectivity index is 1.65. The Morgan fingerprint density at radius 1 is 1.07 bits per heavy atom. The van der Waals surface area contributed by atoms with Gasteiger partial charge in [-0.1, -0.05) is 35.9 Å². The van der Waals surface area contributed by atoms with Crippen LogP contribution in [0.2, 0.25) is 0 Å². The SMILES string of the molecule is Cc1cccc([C@@H]2C=C3Nc4nc(C)nn4[C@@H](c4cc(F)cc(F)c4)[C@@H]3C(=O)C2)c1. The number of ketones is 1. The number of allylic oxidation sites excluding steroid dienone is 2. The van der Waals surface area contributed by atoms with Gasteiger partial charge in [0, 0.05) is 24.1 Å². The van der Waals surface area contributed by atoms with E-state index in [1.807, 2.05) is 31.2 Å². The van der Waals surface area contributed by atoms with E-state index < -0.39 is 23.6 Å². The van der Waals surface area contributed by atoms with E-state index >= 15 is 0 Å². The Bertz CT molecular complexity index is 1180. The lowest BCUT2D eigenvalue weighted by Gasteiger charge is -2.38. The van der Waals surface area contributed by atoms with Gasteiger partial charge in [-0.15, -0.1) is 0 Å². The van der Waals surface area contributed by atoms with Gasteiger partial charge in [0.25, 0.3) is 0 Å². The minimum atomic E-state index is -0.687. The molecule has 3 atom stereocenters. The van der Waals surface area contributed by atoms with Gasteiger partial charge in [-0.2, -0.15) is 10.1 Å². The number of benzene rings is 2. The summed E-state index contributed by atoms with van der Waals surface area (Å²) in [7, 11) is 0. The topological polar surface area (TPSA) is 59.8 Å². The highest BCUT2D eigenvalue weighted by Gasteiger charge is 2.43. The summed E-state index contributed by atoms with van der Waals surface area (Å²) in [4.78, 5) is 17.7. The van der Waals surface area contributed by atoms with Crippen LogP contribution in [0.15, 0.2) is 54.2 Å². The summed E-state index contributed by atoms with van der Waals surface area (Å²) < 4.78 is 29.6. The van der Waals surface area contributed by atoms with Gasteiger partial charge in [-0.3, -0.25) is 4.79 Å². The minimum Gasteiger partial charge on any atom is -0.328 e. The molecule has 0 bridgehead atoms. The molecule has 0 saturated carbocycles. The van der Waals surface area contributed by atoms with Crippen LogP contribution < -0.4 is 5.32 Å². The van der Waals surface area contributed by atoms with Gasteiger partial charge >= 0.3 is 0 Å². The second-order valence-corrected chi connectivity index (χ2v) is 7.99. The Labute approximate surface area is 172 Å². The van der Waals surface area contributed by atoms with Crippen molar-refractivity contribution in [3.63, 3.8) is 0 Å². The second-order valence-electron chi connectivity index (χ2n) is 7.99. The predicted octanol–water partition coefficient (Wildman–Crippen LogP) is 4.44. The molecular weight excluding hydrogens is 386 g/mol. The maximum Gasteiger partial charge on any atom is 0.226 e. The molecule has 5 nitrogen and oxygen atoms in total. The third-order valence-corrected chi connectivity index (χ3v) is 5.75. The molecule has 0 amide bonds. The van der Waals surface area contributed by atoms with E-state index in [1.165, 1.54) is 12.1 Å². The number of anilines is 1. The number of halogens is 2. The van der Waals surface area contributed by atoms with Crippen molar-refractivity contribution in [2.75, 3.05) is 5.32 Å². The lowest BCUT2D eigenvalue weighted by Crippen LogP contribution is -2.40. The van der Waals surface area contributed by atoms with Gasteiger partial charge in [-0.25, -0.2) is 13.5 Å². The molecule has 152 valence electrons. The molecule has 7 heteroatoms. The average Bonchev–Trinajstić information content (AvgIpc) is 3.05. The molecule has 2 aliphatic rings. The summed E-state index contributed by atoms with van der Waals surface area (Å²) in [6, 6.07) is 10.8. The Morgan fingerprint density at radius 3 is 2.57 bits per heavy atom. The molecule has 1 N–H and O–H groups in total. The van der Waals surface area contributed by atoms with Gasteiger partial charge in [0.15, 0.2) is 0 Å². The summed E-state index contributed by atoms with van der Waals surface area (Å²) in [6.07, 6.45) is 2.35. The summed E-state index contributed by atoms with van der Waals surface area (Å²) >= 11 is 0. The second kappa shape index (κ2) is 6.86. The zero-order valence-corrected chi connectivity index (χ0v) is 16.6. The number of hydrogen-bond acceptors (Lipinski definition) is 4. The first-order chi connectivity index (χ1) is 14.4. The molecular formula is C23H20F2N4O. The fraction of sp³-hybridized carbons (Fsp3) is 0.261. The quantitative estimate of drug-likeness (QED) is 0.683. The number of nitrogens with one attached hydrogen (secondary N) is 1. The Morgan fingerprint density at radius 2 is 1.83 bits per heavy atom. The van der Waals surface area contributed by atoms with E-state index in [0.717, 1.165) is 17.2 Å². The Hall–Kier alpha value is -3.35. The van der Waals surface area contributed by atoms with Crippen LogP contribution in [0.1, 0.15) is 40.9 Å². The number of aryl methyl sites for hydroxylation is 2. The first-order valence-electron chi connectivity index (χ1n) is 9.86. The van der Waals surface area contributed by atoms with Crippen molar-refractivity contribution in [2.24, 2.45) is 5.92 Å². The zero-order valence-electron chi connectivity index (χ0n) is 16.6. The van der Waals surface area contributed by atoms with Crippen LogP contribution in [0.3, 0.4) is 0 Å². The van der Waals surface area contributed by atoms with Crippen molar-refractivity contribution in [1.82, 2.24) is 14.8 Å². The average molecular weight is 406 g/mol. The van der Waals surface area contributed by atoms with Crippen LogP contribution >= 0.6 is 0 Å². The third-order valence-electron chi connectivity index (χ3n) is 5.75. The smallest absolute Gasteiger partial charge is 0.226 e. The summed E-state index contributed by atoms with van der Waals surface area (Å²) in [5.74, 6) is -1.08. The fourth-order valence-corrected chi connectivity index (χ4v) is 4.54. The number of aromatic nitrogens is 3. The van der Waals surface area contributed by atoms with E-state index in [9.17, 15) is 13.6 Å². The van der Waals surface area contributed by atoms with Crippen molar-refractivity contribution in [2.45, 2.75) is 32.2 Å². The summed E-state index contributed by atoms with van der Waals surface area (Å²) in [5, 5.41) is 7.64. The highest BCUT2D eigenvalue weighted by molar-refractivity contribution is 5.88. The third kappa shape index (κ3) is 3.10. The van der Waals surface area contributed by atoms with Crippen molar-refractivity contribution in [3.05, 3.63) is 88.4 Å². The molecule has 30 heavy (non-hydrogen) atoms. The number of carbonyl (C=O) groups excluding carboxylic acids is 1. The lowest BCUT2D eigenvalue weighted by molar-refractivity contribution is -0.123. The van der Waals surface area contributed by atoms with Crippen LogP contribution in [0.4, 0.5) is 14.7 Å². The minimum absolute atomic E-state index is 0.0000198. The number of Topliss-reactive ketones (excluding diaryl/α,β-unsaturated/α-hetero) is 1. The highest BCUT2D eigenvalue weighted by atomic mass is 19.1. The number of fused-ring (bicyclic) bond motifs is 2. The van der Waals surface area contributed by atoms with Crippen molar-refractivity contribution in [1.29, 1.82) is 0 Å². The van der Waals surface area contributed by atoms with E-state index in [0.29, 0.717) is 29.5 Å².